The predicted octanol–water partition coefficient (Wildman–Crippen LogP) is 2.76. The summed E-state index contributed by atoms with van der Waals surface area (Å²) in [6.45, 7) is 4.80. The van der Waals surface area contributed by atoms with E-state index >= 15 is 0 Å². The van der Waals surface area contributed by atoms with Crippen LogP contribution in [-0.4, -0.2) is 53.6 Å². The molecule has 148 valence electrons. The first-order chi connectivity index (χ1) is 13.8. The van der Waals surface area contributed by atoms with Crippen molar-refractivity contribution in [3.63, 3.8) is 0 Å². The number of benzene rings is 1. The molecule has 4 rings (SSSR count). The smallest absolute Gasteiger partial charge is 0.225 e. The van der Waals surface area contributed by atoms with Crippen LogP contribution in [0.25, 0.3) is 0 Å². The van der Waals surface area contributed by atoms with Gasteiger partial charge in [-0.05, 0) is 24.8 Å². The zero-order chi connectivity index (χ0) is 19.2. The molecule has 6 heteroatoms. The molecule has 2 aromatic rings. The van der Waals surface area contributed by atoms with Gasteiger partial charge in [-0.1, -0.05) is 30.3 Å². The zero-order valence-corrected chi connectivity index (χ0v) is 16.2. The first kappa shape index (κ1) is 18.9. The van der Waals surface area contributed by atoms with Crippen LogP contribution in [0.15, 0.2) is 48.9 Å². The number of carbonyl (C=O) groups excluding carboxylic acids is 1. The number of aromatic nitrogens is 2. The lowest BCUT2D eigenvalue weighted by atomic mass is 9.95. The van der Waals surface area contributed by atoms with Crippen LogP contribution in [0.3, 0.4) is 0 Å². The molecule has 1 amide bonds. The van der Waals surface area contributed by atoms with Crippen LogP contribution < -0.4 is 4.90 Å². The van der Waals surface area contributed by atoms with Gasteiger partial charge in [-0.2, -0.15) is 0 Å². The minimum Gasteiger partial charge on any atom is -0.376 e. The molecule has 2 aliphatic heterocycles. The molecule has 28 heavy (non-hydrogen) atoms. The van der Waals surface area contributed by atoms with Crippen molar-refractivity contribution < 1.29 is 9.53 Å². The number of likely N-dealkylation sites (tertiary alicyclic amines) is 1. The van der Waals surface area contributed by atoms with Crippen molar-refractivity contribution in [1.82, 2.24) is 14.9 Å². The maximum atomic E-state index is 12.9. The fraction of sp³-hybridized carbons (Fsp3) is 0.500. The zero-order valence-electron chi connectivity index (χ0n) is 16.2. The Bertz CT molecular complexity index is 748. The summed E-state index contributed by atoms with van der Waals surface area (Å²) in [6, 6.07) is 10.2. The highest BCUT2D eigenvalue weighted by Gasteiger charge is 2.33. The number of hydrogen-bond donors (Lipinski definition) is 0. The van der Waals surface area contributed by atoms with Crippen LogP contribution in [-0.2, 0) is 16.1 Å². The van der Waals surface area contributed by atoms with E-state index in [1.165, 1.54) is 5.56 Å². The van der Waals surface area contributed by atoms with Crippen LogP contribution in [0.4, 0.5) is 5.82 Å². The first-order valence-electron chi connectivity index (χ1n) is 10.2. The molecule has 0 saturated carbocycles. The molecule has 2 aliphatic rings. The Balaban J connectivity index is 1.20. The number of rotatable bonds is 6. The molecule has 0 spiro atoms. The molecule has 6 nitrogen and oxygen atoms in total. The molecule has 0 bridgehead atoms. The topological polar surface area (TPSA) is 58.6 Å². The maximum absolute atomic E-state index is 12.9. The van der Waals surface area contributed by atoms with E-state index in [9.17, 15) is 4.79 Å². The summed E-state index contributed by atoms with van der Waals surface area (Å²) in [5.74, 6) is 1.82. The third-order valence-electron chi connectivity index (χ3n) is 5.78. The van der Waals surface area contributed by atoms with E-state index in [0.29, 0.717) is 18.4 Å². The molecule has 0 aliphatic carbocycles. The van der Waals surface area contributed by atoms with E-state index in [4.69, 9.17) is 4.74 Å². The van der Waals surface area contributed by atoms with Crippen molar-refractivity contribution in [3.05, 3.63) is 54.5 Å². The van der Waals surface area contributed by atoms with E-state index < -0.39 is 0 Å². The average molecular weight is 380 g/mol. The summed E-state index contributed by atoms with van der Waals surface area (Å²) in [7, 11) is 0. The minimum atomic E-state index is 0.136. The van der Waals surface area contributed by atoms with Gasteiger partial charge in [0.25, 0.3) is 0 Å². The van der Waals surface area contributed by atoms with Crippen molar-refractivity contribution in [2.45, 2.75) is 25.9 Å². The van der Waals surface area contributed by atoms with Gasteiger partial charge < -0.3 is 14.5 Å². The molecule has 1 atom stereocenters. The van der Waals surface area contributed by atoms with Gasteiger partial charge in [-0.25, -0.2) is 4.98 Å². The molecular weight excluding hydrogens is 352 g/mol. The van der Waals surface area contributed by atoms with E-state index in [1.54, 1.807) is 18.6 Å². The monoisotopic (exact) mass is 380 g/mol. The van der Waals surface area contributed by atoms with Gasteiger partial charge in [0.2, 0.25) is 5.91 Å². The van der Waals surface area contributed by atoms with Crippen molar-refractivity contribution in [2.75, 3.05) is 37.7 Å². The number of nitrogens with zero attached hydrogens (tertiary/aromatic N) is 4. The second-order valence-corrected chi connectivity index (χ2v) is 7.76. The average Bonchev–Trinajstić information content (AvgIpc) is 3.24. The Morgan fingerprint density at radius 2 is 1.89 bits per heavy atom. The van der Waals surface area contributed by atoms with E-state index in [0.717, 1.165) is 57.9 Å². The van der Waals surface area contributed by atoms with Gasteiger partial charge in [0, 0.05) is 50.4 Å². The Hall–Kier alpha value is -2.47. The lowest BCUT2D eigenvalue weighted by molar-refractivity contribution is -0.135. The lowest BCUT2D eigenvalue weighted by Gasteiger charge is -2.33. The van der Waals surface area contributed by atoms with Gasteiger partial charge in [-0.3, -0.25) is 9.78 Å². The number of piperidine rings is 1. The molecule has 2 saturated heterocycles. The second-order valence-electron chi connectivity index (χ2n) is 7.76. The number of anilines is 1. The Morgan fingerprint density at radius 3 is 2.64 bits per heavy atom. The third-order valence-corrected chi connectivity index (χ3v) is 5.78. The predicted molar refractivity (Wildman–Crippen MR) is 108 cm³/mol. The Kier molecular flexibility index (Phi) is 6.17. The van der Waals surface area contributed by atoms with Crippen molar-refractivity contribution in [3.8, 4) is 0 Å². The molecule has 2 fully saturated rings. The number of amides is 1. The molecule has 0 radical (unpaired) electrons. The SMILES string of the molecule is O=C(C1CCN(c2cnccn2)CC1)N1CCC(COCc2ccccc2)C1. The quantitative estimate of drug-likeness (QED) is 0.771. The minimum absolute atomic E-state index is 0.136. The number of carbonyl (C=O) groups is 1. The van der Waals surface area contributed by atoms with Crippen LogP contribution in [0.1, 0.15) is 24.8 Å². The van der Waals surface area contributed by atoms with Crippen LogP contribution in [0, 0.1) is 11.8 Å². The van der Waals surface area contributed by atoms with Gasteiger partial charge >= 0.3 is 0 Å². The molecular formula is C22H28N4O2. The molecule has 3 heterocycles. The van der Waals surface area contributed by atoms with Gasteiger partial charge in [0.15, 0.2) is 0 Å². The fourth-order valence-corrected chi connectivity index (χ4v) is 4.15. The largest absolute Gasteiger partial charge is 0.376 e. The maximum Gasteiger partial charge on any atom is 0.225 e. The third kappa shape index (κ3) is 4.68. The summed E-state index contributed by atoms with van der Waals surface area (Å²) >= 11 is 0. The lowest BCUT2D eigenvalue weighted by Crippen LogP contribution is -2.42. The Labute approximate surface area is 166 Å². The van der Waals surface area contributed by atoms with E-state index in [-0.39, 0.29) is 5.92 Å². The summed E-state index contributed by atoms with van der Waals surface area (Å²) < 4.78 is 5.88. The molecule has 0 N–H and O–H groups in total. The normalized spacial score (nSPS) is 20.5. The van der Waals surface area contributed by atoms with Crippen LogP contribution in [0.5, 0.6) is 0 Å². The van der Waals surface area contributed by atoms with E-state index in [1.807, 2.05) is 18.2 Å². The molecule has 1 unspecified atom stereocenters. The summed E-state index contributed by atoms with van der Waals surface area (Å²) in [6.07, 6.45) is 8.02. The highest BCUT2D eigenvalue weighted by Crippen LogP contribution is 2.26. The van der Waals surface area contributed by atoms with Gasteiger partial charge in [0.1, 0.15) is 5.82 Å². The van der Waals surface area contributed by atoms with Gasteiger partial charge in [0.05, 0.1) is 19.4 Å². The highest BCUT2D eigenvalue weighted by atomic mass is 16.5. The fourth-order valence-electron chi connectivity index (χ4n) is 4.15. The van der Waals surface area contributed by atoms with Crippen molar-refractivity contribution >= 4 is 11.7 Å². The number of ether oxygens (including phenoxy) is 1. The second kappa shape index (κ2) is 9.15. The molecule has 1 aromatic heterocycles. The first-order valence-corrected chi connectivity index (χ1v) is 10.2. The van der Waals surface area contributed by atoms with Crippen LogP contribution >= 0.6 is 0 Å². The summed E-state index contributed by atoms with van der Waals surface area (Å²) in [5, 5.41) is 0. The van der Waals surface area contributed by atoms with E-state index in [2.05, 4.69) is 31.9 Å². The number of hydrogen-bond acceptors (Lipinski definition) is 5. The van der Waals surface area contributed by atoms with Crippen LogP contribution in [0.2, 0.25) is 0 Å². The van der Waals surface area contributed by atoms with Gasteiger partial charge in [-0.15, -0.1) is 0 Å². The van der Waals surface area contributed by atoms with Crippen molar-refractivity contribution in [1.29, 1.82) is 0 Å². The Morgan fingerprint density at radius 1 is 1.07 bits per heavy atom. The standard InChI is InChI=1S/C22H28N4O2/c27-22(20-7-12-25(13-8-20)21-14-23-9-10-24-21)26-11-6-19(15-26)17-28-16-18-4-2-1-3-5-18/h1-5,9-10,14,19-20H,6-8,11-13,15-17H2. The highest BCUT2D eigenvalue weighted by molar-refractivity contribution is 5.79. The summed E-state index contributed by atoms with van der Waals surface area (Å²) in [4.78, 5) is 25.7. The molecule has 1 aromatic carbocycles. The summed E-state index contributed by atoms with van der Waals surface area (Å²) in [5.41, 5.74) is 1.20. The van der Waals surface area contributed by atoms with Crippen molar-refractivity contribution in [2.24, 2.45) is 11.8 Å².